The molecule has 110 valence electrons. The SMILES string of the molecule is O=C(N[C@H](Cc1cnc[nH]1)C(=O)O)c1cccc(Br)c1Cl. The highest BCUT2D eigenvalue weighted by Gasteiger charge is 2.23. The number of aromatic amines is 1. The van der Waals surface area contributed by atoms with E-state index in [0.717, 1.165) is 0 Å². The molecular weight excluding hydrogens is 362 g/mol. The van der Waals surface area contributed by atoms with Crippen molar-refractivity contribution in [3.8, 4) is 0 Å². The second-order valence-electron chi connectivity index (χ2n) is 4.25. The van der Waals surface area contributed by atoms with Gasteiger partial charge in [0, 0.05) is 22.8 Å². The third-order valence-corrected chi connectivity index (χ3v) is 4.07. The first-order valence-corrected chi connectivity index (χ1v) is 7.11. The minimum absolute atomic E-state index is 0.104. The predicted octanol–water partition coefficient (Wildman–Crippen LogP) is 2.25. The van der Waals surface area contributed by atoms with Crippen LogP contribution in [0.3, 0.4) is 0 Å². The number of nitrogens with one attached hydrogen (secondary N) is 2. The van der Waals surface area contributed by atoms with E-state index < -0.39 is 17.9 Å². The molecule has 2 aromatic rings. The highest BCUT2D eigenvalue weighted by atomic mass is 79.9. The van der Waals surface area contributed by atoms with E-state index in [0.29, 0.717) is 10.2 Å². The number of hydrogen-bond donors (Lipinski definition) is 3. The number of aromatic nitrogens is 2. The summed E-state index contributed by atoms with van der Waals surface area (Å²) >= 11 is 9.24. The largest absolute Gasteiger partial charge is 0.480 e. The van der Waals surface area contributed by atoms with Crippen LogP contribution < -0.4 is 5.32 Å². The number of amides is 1. The van der Waals surface area contributed by atoms with Crippen molar-refractivity contribution in [1.82, 2.24) is 15.3 Å². The van der Waals surface area contributed by atoms with Crippen molar-refractivity contribution in [2.75, 3.05) is 0 Å². The van der Waals surface area contributed by atoms with Gasteiger partial charge in [-0.25, -0.2) is 9.78 Å². The number of carboxylic acid groups (broad SMARTS) is 1. The molecule has 2 rings (SSSR count). The lowest BCUT2D eigenvalue weighted by Crippen LogP contribution is -2.42. The zero-order valence-electron chi connectivity index (χ0n) is 10.6. The van der Waals surface area contributed by atoms with Crippen molar-refractivity contribution in [3.63, 3.8) is 0 Å². The molecular formula is C13H11BrClN3O3. The van der Waals surface area contributed by atoms with Crippen LogP contribution in [-0.4, -0.2) is 33.0 Å². The van der Waals surface area contributed by atoms with Crippen molar-refractivity contribution in [3.05, 3.63) is 51.5 Å². The van der Waals surface area contributed by atoms with E-state index in [-0.39, 0.29) is 17.0 Å². The summed E-state index contributed by atoms with van der Waals surface area (Å²) in [6.07, 6.45) is 3.06. The lowest BCUT2D eigenvalue weighted by molar-refractivity contribution is -0.139. The number of carbonyl (C=O) groups excluding carboxylic acids is 1. The van der Waals surface area contributed by atoms with E-state index in [1.54, 1.807) is 12.1 Å². The summed E-state index contributed by atoms with van der Waals surface area (Å²) in [5, 5.41) is 11.9. The fourth-order valence-corrected chi connectivity index (χ4v) is 2.31. The van der Waals surface area contributed by atoms with Crippen molar-refractivity contribution in [2.45, 2.75) is 12.5 Å². The zero-order valence-corrected chi connectivity index (χ0v) is 13.0. The Morgan fingerprint density at radius 1 is 1.48 bits per heavy atom. The fourth-order valence-electron chi connectivity index (χ4n) is 1.73. The minimum Gasteiger partial charge on any atom is -0.480 e. The molecule has 0 aliphatic carbocycles. The van der Waals surface area contributed by atoms with Gasteiger partial charge in [-0.1, -0.05) is 17.7 Å². The number of H-pyrrole nitrogens is 1. The molecule has 1 aromatic heterocycles. The summed E-state index contributed by atoms with van der Waals surface area (Å²) < 4.78 is 0.567. The number of benzene rings is 1. The lowest BCUT2D eigenvalue weighted by Gasteiger charge is -2.14. The quantitative estimate of drug-likeness (QED) is 0.750. The average Bonchev–Trinajstić information content (AvgIpc) is 2.93. The van der Waals surface area contributed by atoms with Crippen LogP contribution in [0.25, 0.3) is 0 Å². The molecule has 0 unspecified atom stereocenters. The highest BCUT2D eigenvalue weighted by molar-refractivity contribution is 9.10. The van der Waals surface area contributed by atoms with Gasteiger partial charge in [-0.3, -0.25) is 4.79 Å². The second kappa shape index (κ2) is 6.73. The molecule has 0 saturated heterocycles. The van der Waals surface area contributed by atoms with Crippen LogP contribution in [0.1, 0.15) is 16.1 Å². The maximum absolute atomic E-state index is 12.2. The van der Waals surface area contributed by atoms with Gasteiger partial charge in [0.05, 0.1) is 16.9 Å². The maximum Gasteiger partial charge on any atom is 0.326 e. The van der Waals surface area contributed by atoms with Gasteiger partial charge in [0.25, 0.3) is 5.91 Å². The van der Waals surface area contributed by atoms with Gasteiger partial charge in [0.15, 0.2) is 0 Å². The Hall–Kier alpha value is -1.86. The number of hydrogen-bond acceptors (Lipinski definition) is 3. The minimum atomic E-state index is -1.14. The van der Waals surface area contributed by atoms with Crippen molar-refractivity contribution >= 4 is 39.4 Å². The summed E-state index contributed by atoms with van der Waals surface area (Å²) in [6, 6.07) is 3.79. The molecule has 1 aromatic carbocycles. The van der Waals surface area contributed by atoms with Crippen LogP contribution in [0, 0.1) is 0 Å². The Morgan fingerprint density at radius 3 is 2.86 bits per heavy atom. The number of aliphatic carboxylic acids is 1. The average molecular weight is 373 g/mol. The Morgan fingerprint density at radius 2 is 2.24 bits per heavy atom. The maximum atomic E-state index is 12.2. The summed E-state index contributed by atoms with van der Waals surface area (Å²) in [4.78, 5) is 30.0. The predicted molar refractivity (Wildman–Crippen MR) is 80.3 cm³/mol. The normalized spacial score (nSPS) is 11.9. The number of rotatable bonds is 5. The summed E-state index contributed by atoms with van der Waals surface area (Å²) in [5.74, 6) is -1.68. The smallest absolute Gasteiger partial charge is 0.326 e. The van der Waals surface area contributed by atoms with E-state index >= 15 is 0 Å². The molecule has 0 bridgehead atoms. The molecule has 8 heteroatoms. The molecule has 0 aliphatic rings. The third-order valence-electron chi connectivity index (χ3n) is 2.78. The van der Waals surface area contributed by atoms with Crippen LogP contribution in [-0.2, 0) is 11.2 Å². The zero-order chi connectivity index (χ0) is 15.4. The Balaban J connectivity index is 2.15. The van der Waals surface area contributed by atoms with Crippen LogP contribution >= 0.6 is 27.5 Å². The van der Waals surface area contributed by atoms with Crippen molar-refractivity contribution in [2.24, 2.45) is 0 Å². The molecule has 0 radical (unpaired) electrons. The summed E-state index contributed by atoms with van der Waals surface area (Å²) in [5.41, 5.74) is 0.824. The third kappa shape index (κ3) is 3.83. The molecule has 1 atom stereocenters. The van der Waals surface area contributed by atoms with E-state index in [4.69, 9.17) is 11.6 Å². The van der Waals surface area contributed by atoms with Crippen LogP contribution in [0.2, 0.25) is 5.02 Å². The van der Waals surface area contributed by atoms with E-state index in [2.05, 4.69) is 31.2 Å². The van der Waals surface area contributed by atoms with Crippen LogP contribution in [0.15, 0.2) is 35.2 Å². The van der Waals surface area contributed by atoms with Gasteiger partial charge in [-0.2, -0.15) is 0 Å². The summed E-state index contributed by atoms with van der Waals surface area (Å²) in [6.45, 7) is 0. The molecule has 6 nitrogen and oxygen atoms in total. The molecule has 0 spiro atoms. The van der Waals surface area contributed by atoms with E-state index in [1.807, 2.05) is 0 Å². The molecule has 0 fully saturated rings. The van der Waals surface area contributed by atoms with Gasteiger partial charge >= 0.3 is 5.97 Å². The first-order chi connectivity index (χ1) is 9.99. The van der Waals surface area contributed by atoms with Gasteiger partial charge < -0.3 is 15.4 Å². The van der Waals surface area contributed by atoms with Crippen molar-refractivity contribution < 1.29 is 14.7 Å². The van der Waals surface area contributed by atoms with Crippen LogP contribution in [0.4, 0.5) is 0 Å². The van der Waals surface area contributed by atoms with E-state index in [9.17, 15) is 14.7 Å². The highest BCUT2D eigenvalue weighted by Crippen LogP contribution is 2.25. The Labute approximate surface area is 133 Å². The fraction of sp³-hybridized carbons (Fsp3) is 0.154. The number of carbonyl (C=O) groups is 2. The first-order valence-electron chi connectivity index (χ1n) is 5.94. The molecule has 3 N–H and O–H groups in total. The van der Waals surface area contributed by atoms with Crippen molar-refractivity contribution in [1.29, 1.82) is 0 Å². The topological polar surface area (TPSA) is 95.1 Å². The summed E-state index contributed by atoms with van der Waals surface area (Å²) in [7, 11) is 0. The first kappa shape index (κ1) is 15.5. The molecule has 1 amide bonds. The Bertz CT molecular complexity index is 661. The molecule has 21 heavy (non-hydrogen) atoms. The monoisotopic (exact) mass is 371 g/mol. The van der Waals surface area contributed by atoms with Gasteiger partial charge in [0.2, 0.25) is 0 Å². The number of halogens is 2. The standard InChI is InChI=1S/C13H11BrClN3O3/c14-9-3-1-2-8(11(9)15)12(19)18-10(13(20)21)4-7-5-16-6-17-7/h1-3,5-6,10H,4H2,(H,16,17)(H,18,19)(H,20,21)/t10-/m1/s1. The van der Waals surface area contributed by atoms with Gasteiger partial charge in [-0.05, 0) is 28.1 Å². The number of nitrogens with zero attached hydrogens (tertiary/aromatic N) is 1. The van der Waals surface area contributed by atoms with Crippen LogP contribution in [0.5, 0.6) is 0 Å². The number of carboxylic acids is 1. The van der Waals surface area contributed by atoms with Gasteiger partial charge in [0.1, 0.15) is 6.04 Å². The molecule has 1 heterocycles. The molecule has 0 saturated carbocycles. The van der Waals surface area contributed by atoms with Gasteiger partial charge in [-0.15, -0.1) is 0 Å². The van der Waals surface area contributed by atoms with E-state index in [1.165, 1.54) is 18.6 Å². The molecule has 0 aliphatic heterocycles. The lowest BCUT2D eigenvalue weighted by atomic mass is 10.1. The Kier molecular flexibility index (Phi) is 4.98. The second-order valence-corrected chi connectivity index (χ2v) is 5.48. The number of imidazole rings is 1.